The molecule has 0 aliphatic heterocycles. The maximum atomic E-state index is 12.6. The first-order chi connectivity index (χ1) is 40.0. The van der Waals surface area contributed by atoms with E-state index in [0.717, 1.165) is 24.3 Å². The number of halogens is 2. The van der Waals surface area contributed by atoms with Crippen molar-refractivity contribution < 1.29 is 88.0 Å². The second kappa shape index (κ2) is 35.2. The summed E-state index contributed by atoms with van der Waals surface area (Å²) >= 11 is 12.6. The fourth-order valence-corrected chi connectivity index (χ4v) is 11.7. The molecule has 0 saturated heterocycles. The molecular weight excluding hydrogens is 1540 g/mol. The van der Waals surface area contributed by atoms with E-state index in [1.165, 1.54) is 48.5 Å². The maximum absolute atomic E-state index is 12.6. The van der Waals surface area contributed by atoms with E-state index >= 15 is 0 Å². The van der Waals surface area contributed by atoms with Gasteiger partial charge in [0.25, 0.3) is 60.7 Å². The van der Waals surface area contributed by atoms with Gasteiger partial charge in [-0.2, -0.15) is 70.4 Å². The van der Waals surface area contributed by atoms with E-state index in [1.807, 2.05) is 0 Å². The summed E-state index contributed by atoms with van der Waals surface area (Å²) in [4.78, 5) is 24.1. The quantitative estimate of drug-likeness (QED) is 0.0347. The number of H-pyrrole nitrogens is 2. The van der Waals surface area contributed by atoms with Crippen molar-refractivity contribution in [2.75, 3.05) is 10.6 Å². The number of hydrogen-bond donors (Lipinski definition) is 12. The molecule has 48 heteroatoms. The zero-order chi connectivity index (χ0) is 62.6. The summed E-state index contributed by atoms with van der Waals surface area (Å²) in [7, 11) is -30.9. The molecule has 6 radical (unpaired) electrons. The summed E-state index contributed by atoms with van der Waals surface area (Å²) in [6.45, 7) is 0. The predicted octanol–water partition coefficient (Wildman–Crippen LogP) is 4.93. The monoisotopic (exact) mass is 1570 g/mol. The third-order valence-corrected chi connectivity index (χ3v) is 16.8. The number of nitrogens with zero attached hydrogens (tertiary/aromatic N) is 10. The van der Waals surface area contributed by atoms with Crippen LogP contribution >= 0.6 is 23.2 Å². The summed E-state index contributed by atoms with van der Waals surface area (Å²) in [6, 6.07) is 18.7. The van der Waals surface area contributed by atoms with Crippen LogP contribution in [0.4, 0.5) is 57.4 Å². The third kappa shape index (κ3) is 22.0. The Bertz CT molecular complexity index is 5020. The topological polar surface area (TPSA) is 548 Å². The van der Waals surface area contributed by atoms with E-state index in [-0.39, 0.29) is 332 Å². The van der Waals surface area contributed by atoms with Crippen molar-refractivity contribution in [3.63, 3.8) is 0 Å². The minimum atomic E-state index is -5.38. The Morgan fingerprint density at radius 1 is 0.380 bits per heavy atom. The predicted molar refractivity (Wildman–Crippen MR) is 332 cm³/mol. The number of hydrogen-bond acceptors (Lipinski definition) is 26. The van der Waals surface area contributed by atoms with Crippen molar-refractivity contribution >= 4 is 471 Å². The number of phenols is 2. The zero-order valence-corrected chi connectivity index (χ0v) is 72.7. The standard InChI is InChI=1S/C44H30Cl2N14O20S6.6K/c45-39-51-41(55-43(53-39)49-27-17-23(81(63,64)65)13-19-15-31(85(75,76)77)35(37(61)33(19)27)59-57-25-5-1-3-7-29(25)83(69,70)71)47-21-9-11-22(12-10-21)48-42-52-40(46)54-44(56-42)50-28-18-24(82(66,67)68)14-20-16-32(86(78,79)80)36(38(62)34(20)28)60-58-26-6-2-4-8-30(26)84(72,73)74;;;;;;/h1-18,61-62H,(H,63,64,65)(H,66,67,68)(H,69,70,71)(H,72,73,74)(H,75,76,77)(H,78,79,80)(H2,47,49,51,53,55)(H2,48,50,52,54,56);;;;;;. The molecule has 0 saturated carbocycles. The Morgan fingerprint density at radius 2 is 0.696 bits per heavy atom. The van der Waals surface area contributed by atoms with Crippen LogP contribution < -0.4 is 21.9 Å². The number of fused-ring (bicyclic) bond motifs is 2. The van der Waals surface area contributed by atoms with Crippen molar-refractivity contribution in [3.05, 3.63) is 131 Å². The van der Waals surface area contributed by atoms with Gasteiger partial charge in [0.05, 0.1) is 31.9 Å². The SMILES string of the molecule is O=S(=O)(O)c1cc(N=c2nc(Nc3ccc(Nc4nc(Cl)[nH]c(=Nc5cc(S(=O)(=O)O)cc6cc(S(=O)(=O)O)c(N=Nc7ccccc7S(=O)(=O)O)c(O)c56)n4)cc3)nc(Cl)[nH]2)c2c(O)c(N=Nc3ccccc3S(=O)(=O)O)c(S(=O)(=O)O)cc2c1.[K].[K].[K].[K].[K].[K]. The molecule has 34 nitrogen and oxygen atoms in total. The molecule has 9 aromatic rings. The molecule has 0 unspecified atom stereocenters. The van der Waals surface area contributed by atoms with Gasteiger partial charge in [-0.05, 0) is 119 Å². The largest absolute Gasteiger partial charge is 0.505 e. The average molecular weight is 1570 g/mol. The maximum Gasteiger partial charge on any atom is 0.296 e. The fourth-order valence-electron chi connectivity index (χ4n) is 7.74. The number of aromatic nitrogens is 6. The Kier molecular flexibility index (Phi) is 33.4. The van der Waals surface area contributed by atoms with Crippen LogP contribution in [-0.4, -0.2) is 426 Å². The van der Waals surface area contributed by atoms with E-state index in [0.29, 0.717) is 36.4 Å². The van der Waals surface area contributed by atoms with Crippen molar-refractivity contribution in [3.8, 4) is 11.5 Å². The van der Waals surface area contributed by atoms with Gasteiger partial charge in [0.15, 0.2) is 11.5 Å². The van der Waals surface area contributed by atoms with E-state index in [2.05, 4.69) is 71.0 Å². The molecule has 0 aliphatic carbocycles. The fraction of sp³-hybridized carbons (Fsp3) is 0. The van der Waals surface area contributed by atoms with Crippen LogP contribution in [-0.2, 0) is 60.7 Å². The minimum absolute atomic E-state index is 0. The molecule has 0 amide bonds. The van der Waals surface area contributed by atoms with Gasteiger partial charge in [-0.3, -0.25) is 37.3 Å². The Morgan fingerprint density at radius 3 is 1.00 bits per heavy atom. The first-order valence-corrected chi connectivity index (χ1v) is 32.0. The molecular formula is C44H30Cl2K6N14O20S6. The molecule has 0 bridgehead atoms. The van der Waals surface area contributed by atoms with E-state index < -0.39 is 179 Å². The van der Waals surface area contributed by atoms with Gasteiger partial charge < -0.3 is 20.8 Å². The van der Waals surface area contributed by atoms with Crippen LogP contribution in [0.1, 0.15) is 0 Å². The molecule has 12 N–H and O–H groups in total. The molecule has 0 aliphatic rings. The van der Waals surface area contributed by atoms with Crippen molar-refractivity contribution in [1.82, 2.24) is 29.9 Å². The van der Waals surface area contributed by atoms with Crippen LogP contribution in [0.25, 0.3) is 21.5 Å². The number of phenolic OH excluding ortho intramolecular Hbond substituents is 2. The van der Waals surface area contributed by atoms with Crippen molar-refractivity contribution in [2.45, 2.75) is 29.4 Å². The van der Waals surface area contributed by atoms with E-state index in [9.17, 15) is 88.0 Å². The van der Waals surface area contributed by atoms with Crippen molar-refractivity contribution in [1.29, 1.82) is 0 Å². The van der Waals surface area contributed by atoms with E-state index in [1.54, 1.807) is 0 Å². The average Bonchev–Trinajstić information content (AvgIpc) is 0.796. The number of benzene rings is 7. The first kappa shape index (κ1) is 87.2. The van der Waals surface area contributed by atoms with Gasteiger partial charge >= 0.3 is 0 Å². The summed E-state index contributed by atoms with van der Waals surface area (Å²) in [5.41, 5.74) is -4.91. The molecule has 452 valence electrons. The second-order valence-corrected chi connectivity index (χ2v) is 26.2. The Labute approximate surface area is 784 Å². The van der Waals surface area contributed by atoms with Crippen molar-refractivity contribution in [2.24, 2.45) is 30.4 Å². The molecule has 0 fully saturated rings. The number of azo groups is 2. The van der Waals surface area contributed by atoms with Crippen LogP contribution in [0.3, 0.4) is 0 Å². The molecule has 0 spiro atoms. The molecule has 2 aromatic heterocycles. The van der Waals surface area contributed by atoms with Crippen LogP contribution in [0.2, 0.25) is 10.6 Å². The number of aromatic hydroxyl groups is 2. The zero-order valence-electron chi connectivity index (χ0n) is 47.5. The van der Waals surface area contributed by atoms with Gasteiger partial charge in [0.1, 0.15) is 42.3 Å². The normalized spacial score (nSPS) is 12.5. The molecule has 9 rings (SSSR count). The number of anilines is 4. The summed E-state index contributed by atoms with van der Waals surface area (Å²) < 4.78 is 208. The Hall–Kier alpha value is 0.938. The summed E-state index contributed by atoms with van der Waals surface area (Å²) in [5, 5.41) is 40.6. The van der Waals surface area contributed by atoms with Crippen LogP contribution in [0.5, 0.6) is 11.5 Å². The van der Waals surface area contributed by atoms with Gasteiger partial charge in [-0.1, -0.05) is 24.3 Å². The number of aromatic amines is 2. The van der Waals surface area contributed by atoms with Gasteiger partial charge in [0, 0.05) is 320 Å². The minimum Gasteiger partial charge on any atom is -0.505 e. The second-order valence-electron chi connectivity index (χ2n) is 17.0. The van der Waals surface area contributed by atoms with Gasteiger partial charge in [-0.15, -0.1) is 20.5 Å². The third-order valence-electron chi connectivity index (χ3n) is 11.3. The molecule has 7 aromatic carbocycles. The summed E-state index contributed by atoms with van der Waals surface area (Å²) in [5.74, 6) is -2.92. The van der Waals surface area contributed by atoms with Gasteiger partial charge in [-0.25, -0.2) is 9.98 Å². The Balaban J connectivity index is 0.00000368. The van der Waals surface area contributed by atoms with Crippen LogP contribution in [0.15, 0.2) is 169 Å². The molecule has 0 atom stereocenters. The van der Waals surface area contributed by atoms with Gasteiger partial charge in [0.2, 0.25) is 33.7 Å². The number of nitrogens with one attached hydrogen (secondary N) is 4. The summed E-state index contributed by atoms with van der Waals surface area (Å²) in [6.07, 6.45) is 0. The first-order valence-electron chi connectivity index (χ1n) is 22.6. The van der Waals surface area contributed by atoms with E-state index in [4.69, 9.17) is 23.2 Å². The smallest absolute Gasteiger partial charge is 0.296 e. The molecule has 92 heavy (non-hydrogen) atoms. The molecule has 2 heterocycles. The number of rotatable bonds is 16. The van der Waals surface area contributed by atoms with Crippen LogP contribution in [0, 0.1) is 0 Å².